The van der Waals surface area contributed by atoms with Crippen LogP contribution in [0.5, 0.6) is 0 Å². The lowest BCUT2D eigenvalue weighted by Crippen LogP contribution is -2.62. The van der Waals surface area contributed by atoms with E-state index in [0.717, 1.165) is 18.4 Å². The molecule has 0 radical (unpaired) electrons. The third kappa shape index (κ3) is 5.71. The summed E-state index contributed by atoms with van der Waals surface area (Å²) >= 11 is 0. The molecule has 4 heteroatoms. The fourth-order valence-corrected chi connectivity index (χ4v) is 3.64. The van der Waals surface area contributed by atoms with Crippen molar-refractivity contribution >= 4 is 12.1 Å². The van der Waals surface area contributed by atoms with E-state index in [-0.39, 0.29) is 23.2 Å². The standard InChI is InChI=1S/C19H29N3O/c1-14-7-6-8-15(11-14)9-10-20-17(23)21-16-12-18(2,3)22-19(4,5)13-16/h6-11,16,22H,12-13H2,1-5H3,(H2,20,21,23)/b10-9+. The van der Waals surface area contributed by atoms with Crippen LogP contribution in [0.1, 0.15) is 51.7 Å². The maximum absolute atomic E-state index is 12.1. The Bertz CT molecular complexity index is 574. The number of hydrogen-bond acceptors (Lipinski definition) is 2. The highest BCUT2D eigenvalue weighted by atomic mass is 16.2. The first-order chi connectivity index (χ1) is 10.7. The molecule has 1 aliphatic heterocycles. The fourth-order valence-electron chi connectivity index (χ4n) is 3.64. The lowest BCUT2D eigenvalue weighted by Gasteiger charge is -2.46. The quantitative estimate of drug-likeness (QED) is 0.798. The lowest BCUT2D eigenvalue weighted by molar-refractivity contribution is 0.148. The highest BCUT2D eigenvalue weighted by Gasteiger charge is 2.38. The molecule has 1 heterocycles. The Morgan fingerprint density at radius 3 is 2.48 bits per heavy atom. The van der Waals surface area contributed by atoms with Crippen molar-refractivity contribution in [2.75, 3.05) is 0 Å². The number of aryl methyl sites for hydroxylation is 1. The first-order valence-electron chi connectivity index (χ1n) is 8.25. The number of rotatable bonds is 3. The van der Waals surface area contributed by atoms with Gasteiger partial charge in [0.25, 0.3) is 0 Å². The average Bonchev–Trinajstić information content (AvgIpc) is 2.34. The molecule has 126 valence electrons. The van der Waals surface area contributed by atoms with Crippen LogP contribution in [0.2, 0.25) is 0 Å². The summed E-state index contributed by atoms with van der Waals surface area (Å²) in [5, 5.41) is 9.51. The van der Waals surface area contributed by atoms with E-state index >= 15 is 0 Å². The summed E-state index contributed by atoms with van der Waals surface area (Å²) in [7, 11) is 0. The van der Waals surface area contributed by atoms with Gasteiger partial charge in [0.2, 0.25) is 0 Å². The molecular weight excluding hydrogens is 286 g/mol. The van der Waals surface area contributed by atoms with E-state index in [4.69, 9.17) is 0 Å². The Kier molecular flexibility index (Phi) is 5.15. The SMILES string of the molecule is Cc1cccc(/C=C/NC(=O)NC2CC(C)(C)NC(C)(C)C2)c1. The summed E-state index contributed by atoms with van der Waals surface area (Å²) in [6.45, 7) is 10.8. The topological polar surface area (TPSA) is 53.2 Å². The molecule has 3 N–H and O–H groups in total. The second kappa shape index (κ2) is 6.75. The van der Waals surface area contributed by atoms with Gasteiger partial charge in [0.15, 0.2) is 0 Å². The minimum Gasteiger partial charge on any atom is -0.335 e. The van der Waals surface area contributed by atoms with E-state index in [0.29, 0.717) is 0 Å². The molecule has 0 bridgehead atoms. The van der Waals surface area contributed by atoms with Crippen molar-refractivity contribution in [3.05, 3.63) is 41.6 Å². The second-order valence-corrected chi connectivity index (χ2v) is 7.86. The van der Waals surface area contributed by atoms with Gasteiger partial charge in [0, 0.05) is 23.3 Å². The highest BCUT2D eigenvalue weighted by molar-refractivity contribution is 5.76. The molecule has 0 aliphatic carbocycles. The van der Waals surface area contributed by atoms with Crippen molar-refractivity contribution in [2.45, 2.75) is 64.6 Å². The van der Waals surface area contributed by atoms with E-state index in [1.165, 1.54) is 5.56 Å². The summed E-state index contributed by atoms with van der Waals surface area (Å²) in [5.41, 5.74) is 2.33. The molecule has 1 aliphatic rings. The van der Waals surface area contributed by atoms with Gasteiger partial charge >= 0.3 is 6.03 Å². The van der Waals surface area contributed by atoms with Crippen LogP contribution in [0.3, 0.4) is 0 Å². The maximum atomic E-state index is 12.1. The monoisotopic (exact) mass is 315 g/mol. The smallest absolute Gasteiger partial charge is 0.318 e. The van der Waals surface area contributed by atoms with Crippen LogP contribution in [-0.4, -0.2) is 23.2 Å². The first-order valence-corrected chi connectivity index (χ1v) is 8.25. The number of carbonyl (C=O) groups excluding carboxylic acids is 1. The van der Waals surface area contributed by atoms with Crippen molar-refractivity contribution in [1.29, 1.82) is 0 Å². The molecular formula is C19H29N3O. The zero-order valence-corrected chi connectivity index (χ0v) is 14.9. The molecule has 23 heavy (non-hydrogen) atoms. The van der Waals surface area contributed by atoms with Crippen LogP contribution < -0.4 is 16.0 Å². The Hall–Kier alpha value is -1.81. The molecule has 0 saturated carbocycles. The Labute approximate surface area is 139 Å². The van der Waals surface area contributed by atoms with Gasteiger partial charge in [-0.3, -0.25) is 0 Å². The van der Waals surface area contributed by atoms with Crippen LogP contribution in [-0.2, 0) is 0 Å². The number of nitrogens with one attached hydrogen (secondary N) is 3. The van der Waals surface area contributed by atoms with Gasteiger partial charge in [-0.1, -0.05) is 29.8 Å². The number of piperidine rings is 1. The van der Waals surface area contributed by atoms with Gasteiger partial charge in [-0.05, 0) is 59.1 Å². The third-order valence-electron chi connectivity index (χ3n) is 4.06. The van der Waals surface area contributed by atoms with E-state index in [1.54, 1.807) is 6.20 Å². The van der Waals surface area contributed by atoms with Crippen molar-refractivity contribution in [3.63, 3.8) is 0 Å². The van der Waals surface area contributed by atoms with Crippen LogP contribution in [0.15, 0.2) is 30.5 Å². The zero-order valence-electron chi connectivity index (χ0n) is 14.9. The first kappa shape index (κ1) is 17.5. The molecule has 1 saturated heterocycles. The van der Waals surface area contributed by atoms with Gasteiger partial charge < -0.3 is 16.0 Å². The van der Waals surface area contributed by atoms with E-state index in [1.807, 2.05) is 18.2 Å². The molecule has 0 spiro atoms. The van der Waals surface area contributed by atoms with E-state index < -0.39 is 0 Å². The molecule has 2 amide bonds. The number of carbonyl (C=O) groups is 1. The van der Waals surface area contributed by atoms with Gasteiger partial charge in [-0.2, -0.15) is 0 Å². The van der Waals surface area contributed by atoms with Crippen molar-refractivity contribution in [3.8, 4) is 0 Å². The summed E-state index contributed by atoms with van der Waals surface area (Å²) in [4.78, 5) is 12.1. The minimum absolute atomic E-state index is 0.0249. The van der Waals surface area contributed by atoms with Crippen LogP contribution in [0.25, 0.3) is 6.08 Å². The third-order valence-corrected chi connectivity index (χ3v) is 4.06. The van der Waals surface area contributed by atoms with Gasteiger partial charge in [0.05, 0.1) is 0 Å². The molecule has 1 aromatic carbocycles. The summed E-state index contributed by atoms with van der Waals surface area (Å²) in [6, 6.07) is 8.18. The average molecular weight is 315 g/mol. The van der Waals surface area contributed by atoms with Crippen LogP contribution >= 0.6 is 0 Å². The minimum atomic E-state index is -0.146. The number of hydrogen-bond donors (Lipinski definition) is 3. The summed E-state index contributed by atoms with van der Waals surface area (Å²) in [6.07, 6.45) is 5.45. The van der Waals surface area contributed by atoms with Crippen molar-refractivity contribution < 1.29 is 4.79 Å². The molecule has 1 aromatic rings. The van der Waals surface area contributed by atoms with E-state index in [9.17, 15) is 4.79 Å². The zero-order chi connectivity index (χ0) is 17.1. The fraction of sp³-hybridized carbons (Fsp3) is 0.526. The second-order valence-electron chi connectivity index (χ2n) is 7.86. The van der Waals surface area contributed by atoms with Crippen LogP contribution in [0, 0.1) is 6.92 Å². The highest BCUT2D eigenvalue weighted by Crippen LogP contribution is 2.28. The predicted octanol–water partition coefficient (Wildman–Crippen LogP) is 3.57. The molecule has 4 nitrogen and oxygen atoms in total. The lowest BCUT2D eigenvalue weighted by atomic mass is 9.80. The summed E-state index contributed by atoms with van der Waals surface area (Å²) < 4.78 is 0. The van der Waals surface area contributed by atoms with Gasteiger partial charge in [-0.15, -0.1) is 0 Å². The molecule has 0 unspecified atom stereocenters. The molecule has 2 rings (SSSR count). The Balaban J connectivity index is 1.87. The molecule has 0 aromatic heterocycles. The van der Waals surface area contributed by atoms with Crippen molar-refractivity contribution in [2.24, 2.45) is 0 Å². The number of urea groups is 1. The molecule has 1 fully saturated rings. The predicted molar refractivity (Wildman–Crippen MR) is 96.2 cm³/mol. The molecule has 0 atom stereocenters. The maximum Gasteiger partial charge on any atom is 0.318 e. The van der Waals surface area contributed by atoms with Crippen LogP contribution in [0.4, 0.5) is 4.79 Å². The largest absolute Gasteiger partial charge is 0.335 e. The number of benzene rings is 1. The normalized spacial score (nSPS) is 20.4. The number of amides is 2. The van der Waals surface area contributed by atoms with Gasteiger partial charge in [-0.25, -0.2) is 4.79 Å². The Morgan fingerprint density at radius 2 is 1.87 bits per heavy atom. The van der Waals surface area contributed by atoms with Crippen molar-refractivity contribution in [1.82, 2.24) is 16.0 Å². The summed E-state index contributed by atoms with van der Waals surface area (Å²) in [5.74, 6) is 0. The van der Waals surface area contributed by atoms with Gasteiger partial charge in [0.1, 0.15) is 0 Å². The van der Waals surface area contributed by atoms with E-state index in [2.05, 4.69) is 62.7 Å². The Morgan fingerprint density at radius 1 is 1.22 bits per heavy atom.